The first-order chi connectivity index (χ1) is 10.8. The maximum Gasteiger partial charge on any atom is 0.138 e. The first kappa shape index (κ1) is 14.1. The van der Waals surface area contributed by atoms with Gasteiger partial charge in [-0.1, -0.05) is 60.7 Å². The standard InChI is InChI=1S/C20H18N2/c1-16-10-8-9-15-19(16)20(21-17-11-4-2-5-12-17)22-18-13-6-3-7-14-18/h2-15H,1H3,(H,21,22). The zero-order valence-corrected chi connectivity index (χ0v) is 12.5. The smallest absolute Gasteiger partial charge is 0.138 e. The number of para-hydroxylation sites is 2. The lowest BCUT2D eigenvalue weighted by Gasteiger charge is -2.12. The molecule has 1 N–H and O–H groups in total. The van der Waals surface area contributed by atoms with Crippen LogP contribution in [-0.4, -0.2) is 5.84 Å². The van der Waals surface area contributed by atoms with Gasteiger partial charge in [0.15, 0.2) is 0 Å². The van der Waals surface area contributed by atoms with Gasteiger partial charge in [0.2, 0.25) is 0 Å². The fraction of sp³-hybridized carbons (Fsp3) is 0.0500. The number of rotatable bonds is 3. The molecule has 0 fully saturated rings. The zero-order chi connectivity index (χ0) is 15.2. The van der Waals surface area contributed by atoms with Crippen LogP contribution in [0.1, 0.15) is 11.1 Å². The normalized spacial score (nSPS) is 11.2. The van der Waals surface area contributed by atoms with Gasteiger partial charge >= 0.3 is 0 Å². The number of hydrogen-bond acceptors (Lipinski definition) is 1. The van der Waals surface area contributed by atoms with E-state index in [1.54, 1.807) is 0 Å². The Bertz CT molecular complexity index is 762. The molecular weight excluding hydrogens is 268 g/mol. The molecule has 0 saturated carbocycles. The van der Waals surface area contributed by atoms with Crippen molar-refractivity contribution in [2.24, 2.45) is 4.99 Å². The van der Waals surface area contributed by atoms with Crippen LogP contribution in [0, 0.1) is 6.92 Å². The maximum atomic E-state index is 4.79. The van der Waals surface area contributed by atoms with Crippen molar-refractivity contribution in [1.29, 1.82) is 0 Å². The Morgan fingerprint density at radius 3 is 2.00 bits per heavy atom. The van der Waals surface area contributed by atoms with Gasteiger partial charge in [-0.3, -0.25) is 0 Å². The number of hydrogen-bond donors (Lipinski definition) is 1. The fourth-order valence-corrected chi connectivity index (χ4v) is 2.28. The molecule has 0 aromatic heterocycles. The van der Waals surface area contributed by atoms with Crippen molar-refractivity contribution in [1.82, 2.24) is 0 Å². The Labute approximate surface area is 131 Å². The fourth-order valence-electron chi connectivity index (χ4n) is 2.28. The molecule has 3 aromatic carbocycles. The summed E-state index contributed by atoms with van der Waals surface area (Å²) in [5.41, 5.74) is 4.26. The molecule has 0 bridgehead atoms. The SMILES string of the molecule is Cc1ccccc1C(=Nc1ccccc1)Nc1ccccc1. The summed E-state index contributed by atoms with van der Waals surface area (Å²) in [5, 5.41) is 3.43. The Hall–Kier alpha value is -2.87. The summed E-state index contributed by atoms with van der Waals surface area (Å²) in [7, 11) is 0. The van der Waals surface area contributed by atoms with Crippen LogP contribution in [0.15, 0.2) is 89.9 Å². The van der Waals surface area contributed by atoms with Crippen molar-refractivity contribution in [3.63, 3.8) is 0 Å². The Balaban J connectivity index is 2.03. The highest BCUT2D eigenvalue weighted by molar-refractivity contribution is 6.10. The van der Waals surface area contributed by atoms with Crippen LogP contribution in [0.4, 0.5) is 11.4 Å². The highest BCUT2D eigenvalue weighted by Gasteiger charge is 2.07. The number of nitrogens with one attached hydrogen (secondary N) is 1. The first-order valence-corrected chi connectivity index (χ1v) is 7.35. The molecule has 2 heteroatoms. The average molecular weight is 286 g/mol. The molecule has 2 nitrogen and oxygen atoms in total. The van der Waals surface area contributed by atoms with E-state index in [1.807, 2.05) is 72.8 Å². The van der Waals surface area contributed by atoms with Crippen LogP contribution in [0.5, 0.6) is 0 Å². The van der Waals surface area contributed by atoms with Crippen molar-refractivity contribution in [2.75, 3.05) is 5.32 Å². The molecule has 22 heavy (non-hydrogen) atoms. The lowest BCUT2D eigenvalue weighted by Crippen LogP contribution is -2.14. The van der Waals surface area contributed by atoms with E-state index >= 15 is 0 Å². The highest BCUT2D eigenvalue weighted by Crippen LogP contribution is 2.17. The van der Waals surface area contributed by atoms with Crippen molar-refractivity contribution < 1.29 is 0 Å². The molecule has 108 valence electrons. The molecule has 0 amide bonds. The monoisotopic (exact) mass is 286 g/mol. The van der Waals surface area contributed by atoms with Crippen LogP contribution in [0.25, 0.3) is 0 Å². The minimum absolute atomic E-state index is 0.857. The quantitative estimate of drug-likeness (QED) is 0.520. The number of anilines is 1. The molecule has 0 aliphatic rings. The second-order valence-electron chi connectivity index (χ2n) is 5.10. The van der Waals surface area contributed by atoms with E-state index in [1.165, 1.54) is 5.56 Å². The van der Waals surface area contributed by atoms with E-state index in [2.05, 4.69) is 24.4 Å². The largest absolute Gasteiger partial charge is 0.340 e. The third-order valence-electron chi connectivity index (χ3n) is 3.43. The molecule has 0 spiro atoms. The third kappa shape index (κ3) is 3.41. The second-order valence-corrected chi connectivity index (χ2v) is 5.10. The molecule has 0 heterocycles. The number of aryl methyl sites for hydroxylation is 1. The summed E-state index contributed by atoms with van der Waals surface area (Å²) >= 11 is 0. The molecule has 0 aliphatic carbocycles. The van der Waals surface area contributed by atoms with Gasteiger partial charge in [-0.15, -0.1) is 0 Å². The molecule has 3 rings (SSSR count). The third-order valence-corrected chi connectivity index (χ3v) is 3.43. The van der Waals surface area contributed by atoms with Crippen molar-refractivity contribution >= 4 is 17.2 Å². The Morgan fingerprint density at radius 1 is 0.727 bits per heavy atom. The van der Waals surface area contributed by atoms with Gasteiger partial charge in [0.05, 0.1) is 5.69 Å². The van der Waals surface area contributed by atoms with E-state index in [9.17, 15) is 0 Å². The predicted octanol–water partition coefficient (Wildman–Crippen LogP) is 5.19. The molecule has 3 aromatic rings. The number of amidine groups is 1. The van der Waals surface area contributed by atoms with Crippen molar-refractivity contribution in [3.8, 4) is 0 Å². The average Bonchev–Trinajstić information content (AvgIpc) is 2.57. The van der Waals surface area contributed by atoms with Gasteiger partial charge in [0.25, 0.3) is 0 Å². The Kier molecular flexibility index (Phi) is 4.30. The second kappa shape index (κ2) is 6.72. The number of nitrogens with zero attached hydrogens (tertiary/aromatic N) is 1. The number of benzene rings is 3. The van der Waals surface area contributed by atoms with Crippen LogP contribution < -0.4 is 5.32 Å². The predicted molar refractivity (Wildman–Crippen MR) is 93.9 cm³/mol. The summed E-state index contributed by atoms with van der Waals surface area (Å²) in [6.45, 7) is 2.10. The summed E-state index contributed by atoms with van der Waals surface area (Å²) in [5.74, 6) is 0.857. The van der Waals surface area contributed by atoms with E-state index < -0.39 is 0 Å². The van der Waals surface area contributed by atoms with Gasteiger partial charge in [0, 0.05) is 11.3 Å². The van der Waals surface area contributed by atoms with Gasteiger partial charge in [-0.25, -0.2) is 4.99 Å². The summed E-state index contributed by atoms with van der Waals surface area (Å²) in [6.07, 6.45) is 0. The highest BCUT2D eigenvalue weighted by atomic mass is 15.0. The lowest BCUT2D eigenvalue weighted by molar-refractivity contribution is 1.40. The topological polar surface area (TPSA) is 24.4 Å². The maximum absolute atomic E-state index is 4.79. The van der Waals surface area contributed by atoms with E-state index in [-0.39, 0.29) is 0 Å². The van der Waals surface area contributed by atoms with Gasteiger partial charge in [0.1, 0.15) is 5.84 Å². The Morgan fingerprint density at radius 2 is 1.32 bits per heavy atom. The van der Waals surface area contributed by atoms with E-state index in [0.29, 0.717) is 0 Å². The van der Waals surface area contributed by atoms with Crippen LogP contribution >= 0.6 is 0 Å². The molecule has 0 aliphatic heterocycles. The van der Waals surface area contributed by atoms with Crippen LogP contribution in [-0.2, 0) is 0 Å². The lowest BCUT2D eigenvalue weighted by atomic mass is 10.1. The van der Waals surface area contributed by atoms with Gasteiger partial charge in [-0.05, 0) is 36.8 Å². The molecule has 0 unspecified atom stereocenters. The summed E-state index contributed by atoms with van der Waals surface area (Å²) in [6, 6.07) is 28.4. The van der Waals surface area contributed by atoms with Crippen molar-refractivity contribution in [2.45, 2.75) is 6.92 Å². The summed E-state index contributed by atoms with van der Waals surface area (Å²) < 4.78 is 0. The van der Waals surface area contributed by atoms with E-state index in [4.69, 9.17) is 4.99 Å². The minimum Gasteiger partial charge on any atom is -0.340 e. The molecule has 0 saturated heterocycles. The van der Waals surface area contributed by atoms with Gasteiger partial charge < -0.3 is 5.32 Å². The van der Waals surface area contributed by atoms with Crippen LogP contribution in [0.2, 0.25) is 0 Å². The van der Waals surface area contributed by atoms with E-state index in [0.717, 1.165) is 22.8 Å². The minimum atomic E-state index is 0.857. The van der Waals surface area contributed by atoms with Gasteiger partial charge in [-0.2, -0.15) is 0 Å². The molecule has 0 atom stereocenters. The number of aliphatic imine (C=N–C) groups is 1. The molecule has 0 radical (unpaired) electrons. The zero-order valence-electron chi connectivity index (χ0n) is 12.5. The summed E-state index contributed by atoms with van der Waals surface area (Å²) in [4.78, 5) is 4.79. The molecular formula is C20H18N2. The van der Waals surface area contributed by atoms with Crippen molar-refractivity contribution in [3.05, 3.63) is 96.1 Å². The van der Waals surface area contributed by atoms with Crippen LogP contribution in [0.3, 0.4) is 0 Å². The first-order valence-electron chi connectivity index (χ1n) is 7.35.